The van der Waals surface area contributed by atoms with Gasteiger partial charge in [0.2, 0.25) is 0 Å². The first kappa shape index (κ1) is 20.8. The monoisotopic (exact) mass is 427 g/mol. The molecule has 2 atom stereocenters. The third-order valence-electron chi connectivity index (χ3n) is 6.45. The zero-order valence-corrected chi connectivity index (χ0v) is 18.2. The fourth-order valence-electron chi connectivity index (χ4n) is 4.76. The first-order chi connectivity index (χ1) is 14.5. The van der Waals surface area contributed by atoms with E-state index >= 15 is 0 Å². The number of benzene rings is 2. The van der Waals surface area contributed by atoms with Crippen LogP contribution in [-0.4, -0.2) is 44.7 Å². The fourth-order valence-corrected chi connectivity index (χ4v) is 4.98. The van der Waals surface area contributed by atoms with Crippen LogP contribution in [0.4, 0.5) is 0 Å². The second kappa shape index (κ2) is 8.32. The number of hydrogen-bond acceptors (Lipinski definition) is 5. The number of likely N-dealkylation sites (N-methyl/N-ethyl adjacent to an activating group) is 1. The van der Waals surface area contributed by atoms with Crippen molar-refractivity contribution in [3.63, 3.8) is 0 Å². The molecule has 4 rings (SSSR count). The summed E-state index contributed by atoms with van der Waals surface area (Å²) in [7, 11) is 5.43. The summed E-state index contributed by atoms with van der Waals surface area (Å²) in [6.45, 7) is 0.985. The molecule has 1 aliphatic carbocycles. The minimum atomic E-state index is -0.411. The summed E-state index contributed by atoms with van der Waals surface area (Å²) in [5, 5.41) is 0.400. The van der Waals surface area contributed by atoms with Crippen molar-refractivity contribution in [3.05, 3.63) is 70.4 Å². The SMILES string of the molecule is COc1ccc(C23CC=C(OC(=O)c4ccccc4Cl)CC2N(C)CC3)cc1OC. The number of carbonyl (C=O) groups excluding carboxylic acids is 1. The number of allylic oxidation sites excluding steroid dienone is 1. The molecule has 5 nitrogen and oxygen atoms in total. The third kappa shape index (κ3) is 3.57. The number of halogens is 1. The van der Waals surface area contributed by atoms with Gasteiger partial charge < -0.3 is 19.1 Å². The second-order valence-corrected chi connectivity index (χ2v) is 8.33. The smallest absolute Gasteiger partial charge is 0.344 e. The maximum Gasteiger partial charge on any atom is 0.344 e. The van der Waals surface area contributed by atoms with Gasteiger partial charge in [0, 0.05) is 17.9 Å². The second-order valence-electron chi connectivity index (χ2n) is 7.92. The normalized spacial score (nSPS) is 23.5. The van der Waals surface area contributed by atoms with Crippen LogP contribution in [0.2, 0.25) is 5.02 Å². The fraction of sp³-hybridized carbons (Fsp3) is 0.375. The molecule has 2 aromatic rings. The van der Waals surface area contributed by atoms with E-state index in [1.807, 2.05) is 6.07 Å². The molecule has 158 valence electrons. The van der Waals surface area contributed by atoms with E-state index in [-0.39, 0.29) is 11.5 Å². The van der Waals surface area contributed by atoms with Gasteiger partial charge >= 0.3 is 5.97 Å². The summed E-state index contributed by atoms with van der Waals surface area (Å²) in [5.74, 6) is 1.75. The highest BCUT2D eigenvalue weighted by molar-refractivity contribution is 6.33. The lowest BCUT2D eigenvalue weighted by molar-refractivity contribution is 0.0580. The molecule has 1 saturated heterocycles. The number of hydrogen-bond donors (Lipinski definition) is 0. The molecule has 0 bridgehead atoms. The van der Waals surface area contributed by atoms with E-state index < -0.39 is 5.97 Å². The molecule has 30 heavy (non-hydrogen) atoms. The minimum Gasteiger partial charge on any atom is -0.493 e. The van der Waals surface area contributed by atoms with Gasteiger partial charge in [0.15, 0.2) is 11.5 Å². The Bertz CT molecular complexity index is 989. The third-order valence-corrected chi connectivity index (χ3v) is 6.77. The average molecular weight is 428 g/mol. The number of carbonyl (C=O) groups is 1. The molecule has 0 radical (unpaired) electrons. The van der Waals surface area contributed by atoms with Gasteiger partial charge in [0.25, 0.3) is 0 Å². The summed E-state index contributed by atoms with van der Waals surface area (Å²) < 4.78 is 16.7. The highest BCUT2D eigenvalue weighted by atomic mass is 35.5. The predicted molar refractivity (Wildman–Crippen MR) is 116 cm³/mol. The van der Waals surface area contributed by atoms with Gasteiger partial charge in [-0.15, -0.1) is 0 Å². The van der Waals surface area contributed by atoms with Gasteiger partial charge in [-0.25, -0.2) is 4.79 Å². The molecule has 0 amide bonds. The summed E-state index contributed by atoms with van der Waals surface area (Å²) >= 11 is 6.15. The molecule has 2 aliphatic rings. The zero-order chi connectivity index (χ0) is 21.3. The zero-order valence-electron chi connectivity index (χ0n) is 17.5. The molecule has 0 N–H and O–H groups in total. The molecule has 0 aromatic heterocycles. The number of likely N-dealkylation sites (tertiary alicyclic amines) is 1. The van der Waals surface area contributed by atoms with Gasteiger partial charge in [-0.3, -0.25) is 0 Å². The largest absolute Gasteiger partial charge is 0.493 e. The highest BCUT2D eigenvalue weighted by Crippen LogP contribution is 2.49. The van der Waals surface area contributed by atoms with Gasteiger partial charge in [0.05, 0.1) is 24.8 Å². The van der Waals surface area contributed by atoms with E-state index in [2.05, 4.69) is 30.2 Å². The molecule has 1 fully saturated rings. The van der Waals surface area contributed by atoms with Gasteiger partial charge in [-0.2, -0.15) is 0 Å². The van der Waals surface area contributed by atoms with Crippen molar-refractivity contribution in [3.8, 4) is 11.5 Å². The first-order valence-electron chi connectivity index (χ1n) is 10.1. The Hall–Kier alpha value is -2.50. The number of esters is 1. The van der Waals surface area contributed by atoms with Gasteiger partial charge in [-0.1, -0.05) is 29.8 Å². The van der Waals surface area contributed by atoms with Gasteiger partial charge in [-0.05, 0) is 62.3 Å². The van der Waals surface area contributed by atoms with Crippen LogP contribution in [0.15, 0.2) is 54.3 Å². The van der Waals surface area contributed by atoms with Crippen LogP contribution in [0.3, 0.4) is 0 Å². The summed E-state index contributed by atoms with van der Waals surface area (Å²) in [5.41, 5.74) is 1.56. The minimum absolute atomic E-state index is 0.0470. The number of nitrogens with zero attached hydrogens (tertiary/aromatic N) is 1. The Balaban J connectivity index is 1.62. The van der Waals surface area contributed by atoms with Crippen LogP contribution >= 0.6 is 11.6 Å². The lowest BCUT2D eigenvalue weighted by Gasteiger charge is -2.40. The average Bonchev–Trinajstić information content (AvgIpc) is 3.10. The maximum absolute atomic E-state index is 12.6. The molecule has 2 unspecified atom stereocenters. The van der Waals surface area contributed by atoms with Crippen molar-refractivity contribution < 1.29 is 19.0 Å². The van der Waals surface area contributed by atoms with E-state index in [4.69, 9.17) is 25.8 Å². The molecular formula is C24H26ClNO4. The van der Waals surface area contributed by atoms with E-state index in [9.17, 15) is 4.79 Å². The highest BCUT2D eigenvalue weighted by Gasteiger charge is 2.49. The maximum atomic E-state index is 12.6. The molecule has 0 spiro atoms. The predicted octanol–water partition coefficient (Wildman–Crippen LogP) is 4.83. The van der Waals surface area contributed by atoms with Crippen molar-refractivity contribution in [2.24, 2.45) is 0 Å². The molecular weight excluding hydrogens is 402 g/mol. The Morgan fingerprint density at radius 3 is 2.63 bits per heavy atom. The number of methoxy groups -OCH3 is 2. The van der Waals surface area contributed by atoms with Crippen LogP contribution < -0.4 is 9.47 Å². The molecule has 0 saturated carbocycles. The van der Waals surface area contributed by atoms with Crippen LogP contribution in [0, 0.1) is 0 Å². The van der Waals surface area contributed by atoms with E-state index in [1.165, 1.54) is 5.56 Å². The lowest BCUT2D eigenvalue weighted by Crippen LogP contribution is -2.43. The van der Waals surface area contributed by atoms with Gasteiger partial charge in [0.1, 0.15) is 5.76 Å². The van der Waals surface area contributed by atoms with Crippen LogP contribution in [0.5, 0.6) is 11.5 Å². The first-order valence-corrected chi connectivity index (χ1v) is 10.4. The summed E-state index contributed by atoms with van der Waals surface area (Å²) in [4.78, 5) is 15.0. The van der Waals surface area contributed by atoms with Crippen molar-refractivity contribution in [1.82, 2.24) is 4.90 Å². The van der Waals surface area contributed by atoms with Crippen LogP contribution in [0.25, 0.3) is 0 Å². The van der Waals surface area contributed by atoms with Crippen molar-refractivity contribution >= 4 is 17.6 Å². The molecule has 2 aromatic carbocycles. The van der Waals surface area contributed by atoms with E-state index in [0.29, 0.717) is 22.8 Å². The Kier molecular flexibility index (Phi) is 5.76. The van der Waals surface area contributed by atoms with E-state index in [1.54, 1.807) is 38.5 Å². The van der Waals surface area contributed by atoms with E-state index in [0.717, 1.165) is 30.9 Å². The Morgan fingerprint density at radius 1 is 1.13 bits per heavy atom. The molecule has 1 aliphatic heterocycles. The van der Waals surface area contributed by atoms with Crippen LogP contribution in [-0.2, 0) is 10.2 Å². The summed E-state index contributed by atoms with van der Waals surface area (Å²) in [6.07, 6.45) is 4.55. The lowest BCUT2D eigenvalue weighted by atomic mass is 9.68. The Morgan fingerprint density at radius 2 is 1.90 bits per heavy atom. The number of rotatable bonds is 5. The quantitative estimate of drug-likeness (QED) is 0.639. The summed E-state index contributed by atoms with van der Waals surface area (Å²) in [6, 6.07) is 13.4. The molecule has 6 heteroatoms. The van der Waals surface area contributed by atoms with Crippen molar-refractivity contribution in [2.75, 3.05) is 27.8 Å². The topological polar surface area (TPSA) is 48.0 Å². The van der Waals surface area contributed by atoms with Crippen molar-refractivity contribution in [2.45, 2.75) is 30.7 Å². The standard InChI is InChI=1S/C24H26ClNO4/c1-26-13-12-24(16-8-9-20(28-2)21(14-16)29-3)11-10-17(15-22(24)26)30-23(27)18-6-4-5-7-19(18)25/h4-10,14,22H,11-13,15H2,1-3H3. The number of ether oxygens (including phenoxy) is 3. The van der Waals surface area contributed by atoms with Crippen molar-refractivity contribution in [1.29, 1.82) is 0 Å². The molecule has 1 heterocycles. The Labute approximate surface area is 182 Å². The number of fused-ring (bicyclic) bond motifs is 1. The van der Waals surface area contributed by atoms with Crippen LogP contribution in [0.1, 0.15) is 35.2 Å².